The lowest BCUT2D eigenvalue weighted by atomic mass is 9.89. The van der Waals surface area contributed by atoms with Crippen molar-refractivity contribution in [1.29, 1.82) is 0 Å². The molecule has 2 aliphatic rings. The predicted octanol–water partition coefficient (Wildman–Crippen LogP) is 2.21. The molecule has 4 rings (SSSR count). The van der Waals surface area contributed by atoms with Crippen LogP contribution in [0, 0.1) is 0 Å². The van der Waals surface area contributed by atoms with Crippen LogP contribution in [-0.4, -0.2) is 49.2 Å². The SMILES string of the molecule is CN1CCC(c2cn(C)c3cc(C(=O)NS(=O)(=O)C4CC4)ccc23)CC1. The maximum atomic E-state index is 12.4. The Morgan fingerprint density at radius 3 is 2.46 bits per heavy atom. The first-order valence-electron chi connectivity index (χ1n) is 9.18. The van der Waals surface area contributed by atoms with Crippen LogP contribution < -0.4 is 4.72 Å². The third-order valence-electron chi connectivity index (χ3n) is 5.64. The summed E-state index contributed by atoms with van der Waals surface area (Å²) in [5.41, 5.74) is 2.68. The molecule has 0 unspecified atom stereocenters. The molecule has 1 aromatic heterocycles. The Bertz CT molecular complexity index is 952. The van der Waals surface area contributed by atoms with E-state index in [0.717, 1.165) is 36.8 Å². The summed E-state index contributed by atoms with van der Waals surface area (Å²) in [6.07, 6.45) is 5.71. The first kappa shape index (κ1) is 17.5. The molecule has 140 valence electrons. The molecule has 7 heteroatoms. The molecule has 1 saturated heterocycles. The highest BCUT2D eigenvalue weighted by atomic mass is 32.2. The minimum absolute atomic E-state index is 0.387. The summed E-state index contributed by atoms with van der Waals surface area (Å²) in [7, 11) is 0.602. The van der Waals surface area contributed by atoms with Gasteiger partial charge in [-0.15, -0.1) is 0 Å². The van der Waals surface area contributed by atoms with Gasteiger partial charge < -0.3 is 9.47 Å². The van der Waals surface area contributed by atoms with Crippen molar-refractivity contribution >= 4 is 26.8 Å². The number of likely N-dealkylation sites (tertiary alicyclic amines) is 1. The number of piperidine rings is 1. The van der Waals surface area contributed by atoms with Crippen LogP contribution in [0.2, 0.25) is 0 Å². The van der Waals surface area contributed by atoms with Crippen LogP contribution in [0.15, 0.2) is 24.4 Å². The van der Waals surface area contributed by atoms with E-state index in [1.807, 2.05) is 17.7 Å². The minimum Gasteiger partial charge on any atom is -0.350 e. The summed E-state index contributed by atoms with van der Waals surface area (Å²) in [5.74, 6) is -0.00865. The molecule has 0 bridgehead atoms. The van der Waals surface area contributed by atoms with Gasteiger partial charge in [-0.05, 0) is 69.4 Å². The van der Waals surface area contributed by atoms with Gasteiger partial charge in [0.25, 0.3) is 5.91 Å². The van der Waals surface area contributed by atoms with Gasteiger partial charge in [-0.25, -0.2) is 13.1 Å². The largest absolute Gasteiger partial charge is 0.350 e. The van der Waals surface area contributed by atoms with Gasteiger partial charge in [0, 0.05) is 29.7 Å². The Balaban J connectivity index is 1.61. The molecule has 6 nitrogen and oxygen atoms in total. The van der Waals surface area contributed by atoms with Gasteiger partial charge >= 0.3 is 0 Å². The molecule has 1 aromatic carbocycles. The van der Waals surface area contributed by atoms with Crippen molar-refractivity contribution in [3.8, 4) is 0 Å². The average molecular weight is 375 g/mol. The van der Waals surface area contributed by atoms with E-state index in [0.29, 0.717) is 24.3 Å². The normalized spacial score (nSPS) is 19.8. The highest BCUT2D eigenvalue weighted by molar-refractivity contribution is 7.91. The zero-order valence-corrected chi connectivity index (χ0v) is 16.1. The van der Waals surface area contributed by atoms with E-state index in [9.17, 15) is 13.2 Å². The van der Waals surface area contributed by atoms with E-state index in [1.54, 1.807) is 12.1 Å². The van der Waals surface area contributed by atoms with E-state index in [1.165, 1.54) is 5.56 Å². The highest BCUT2D eigenvalue weighted by Crippen LogP contribution is 2.34. The van der Waals surface area contributed by atoms with E-state index in [2.05, 4.69) is 22.9 Å². The van der Waals surface area contributed by atoms with E-state index in [4.69, 9.17) is 0 Å². The van der Waals surface area contributed by atoms with Crippen molar-refractivity contribution in [1.82, 2.24) is 14.2 Å². The summed E-state index contributed by atoms with van der Waals surface area (Å²) in [4.78, 5) is 14.7. The van der Waals surface area contributed by atoms with Crippen LogP contribution in [0.4, 0.5) is 0 Å². The van der Waals surface area contributed by atoms with E-state index < -0.39 is 21.2 Å². The molecule has 26 heavy (non-hydrogen) atoms. The summed E-state index contributed by atoms with van der Waals surface area (Å²) in [5, 5.41) is 0.755. The fourth-order valence-corrected chi connectivity index (χ4v) is 5.15. The van der Waals surface area contributed by atoms with Crippen LogP contribution in [-0.2, 0) is 17.1 Å². The monoisotopic (exact) mass is 375 g/mol. The second-order valence-electron chi connectivity index (χ2n) is 7.68. The maximum Gasteiger partial charge on any atom is 0.264 e. The van der Waals surface area contributed by atoms with Crippen LogP contribution in [0.1, 0.15) is 47.5 Å². The first-order valence-corrected chi connectivity index (χ1v) is 10.7. The van der Waals surface area contributed by atoms with Crippen molar-refractivity contribution in [2.75, 3.05) is 20.1 Å². The quantitative estimate of drug-likeness (QED) is 0.889. The molecule has 2 aromatic rings. The van der Waals surface area contributed by atoms with Crippen LogP contribution in [0.3, 0.4) is 0 Å². The van der Waals surface area contributed by atoms with Crippen molar-refractivity contribution < 1.29 is 13.2 Å². The number of rotatable bonds is 4. The number of nitrogens with zero attached hydrogens (tertiary/aromatic N) is 2. The number of amides is 1. The van der Waals surface area contributed by atoms with E-state index >= 15 is 0 Å². The predicted molar refractivity (Wildman–Crippen MR) is 102 cm³/mol. The number of hydrogen-bond acceptors (Lipinski definition) is 4. The number of nitrogens with one attached hydrogen (secondary N) is 1. The molecule has 1 N–H and O–H groups in total. The highest BCUT2D eigenvalue weighted by Gasteiger charge is 2.37. The summed E-state index contributed by atoms with van der Waals surface area (Å²) < 4.78 is 28.3. The molecule has 1 amide bonds. The van der Waals surface area contributed by atoms with Crippen LogP contribution in [0.5, 0.6) is 0 Å². The number of aryl methyl sites for hydroxylation is 1. The summed E-state index contributed by atoms with van der Waals surface area (Å²) >= 11 is 0. The number of hydrogen-bond donors (Lipinski definition) is 1. The second-order valence-corrected chi connectivity index (χ2v) is 9.64. The Morgan fingerprint density at radius 1 is 1.12 bits per heavy atom. The smallest absolute Gasteiger partial charge is 0.264 e. The summed E-state index contributed by atoms with van der Waals surface area (Å²) in [6.45, 7) is 2.20. The zero-order valence-electron chi connectivity index (χ0n) is 15.2. The molecule has 2 heterocycles. The molecule has 0 spiro atoms. The van der Waals surface area contributed by atoms with Gasteiger partial charge in [0.2, 0.25) is 10.0 Å². The third kappa shape index (κ3) is 3.25. The Morgan fingerprint density at radius 2 is 1.81 bits per heavy atom. The van der Waals surface area contributed by atoms with Crippen molar-refractivity contribution in [2.45, 2.75) is 36.9 Å². The number of benzene rings is 1. The first-order chi connectivity index (χ1) is 12.3. The van der Waals surface area contributed by atoms with Crippen LogP contribution in [0.25, 0.3) is 10.9 Å². The minimum atomic E-state index is -3.53. The summed E-state index contributed by atoms with van der Waals surface area (Å²) in [6, 6.07) is 5.49. The molecule has 0 atom stereocenters. The van der Waals surface area contributed by atoms with Gasteiger partial charge in [0.1, 0.15) is 0 Å². The molecule has 1 aliphatic heterocycles. The number of fused-ring (bicyclic) bond motifs is 1. The molecular weight excluding hydrogens is 350 g/mol. The maximum absolute atomic E-state index is 12.4. The Labute approximate surface area is 154 Å². The van der Waals surface area contributed by atoms with Crippen LogP contribution >= 0.6 is 0 Å². The molecule has 1 aliphatic carbocycles. The fourth-order valence-electron chi connectivity index (χ4n) is 3.85. The molecule has 1 saturated carbocycles. The number of carbonyl (C=O) groups is 1. The van der Waals surface area contributed by atoms with Crippen molar-refractivity contribution in [3.05, 3.63) is 35.5 Å². The fraction of sp³-hybridized carbons (Fsp3) is 0.526. The Hall–Kier alpha value is -1.86. The lowest BCUT2D eigenvalue weighted by Crippen LogP contribution is -2.33. The van der Waals surface area contributed by atoms with E-state index in [-0.39, 0.29) is 0 Å². The van der Waals surface area contributed by atoms with Crippen molar-refractivity contribution in [3.63, 3.8) is 0 Å². The van der Waals surface area contributed by atoms with Crippen molar-refractivity contribution in [2.24, 2.45) is 7.05 Å². The average Bonchev–Trinajstić information content (AvgIpc) is 3.41. The van der Waals surface area contributed by atoms with Gasteiger partial charge in [-0.2, -0.15) is 0 Å². The second kappa shape index (κ2) is 6.39. The number of carbonyl (C=O) groups excluding carboxylic acids is 1. The topological polar surface area (TPSA) is 71.4 Å². The lowest BCUT2D eigenvalue weighted by molar-refractivity contribution is 0.0981. The molecule has 2 fully saturated rings. The number of aromatic nitrogens is 1. The van der Waals surface area contributed by atoms with Gasteiger partial charge in [0.05, 0.1) is 5.25 Å². The van der Waals surface area contributed by atoms with Gasteiger partial charge in [-0.3, -0.25) is 4.79 Å². The number of sulfonamides is 1. The third-order valence-corrected chi connectivity index (χ3v) is 7.46. The molecule has 0 radical (unpaired) electrons. The lowest BCUT2D eigenvalue weighted by Gasteiger charge is -2.28. The Kier molecular flexibility index (Phi) is 4.31. The standard InChI is InChI=1S/C19H25N3O3S/c1-21-9-7-13(8-10-21)17-12-22(2)18-11-14(3-6-16(17)18)19(23)20-26(24,25)15-4-5-15/h3,6,11-13,15H,4-5,7-10H2,1-2H3,(H,20,23). The van der Waals surface area contributed by atoms with Gasteiger partial charge in [-0.1, -0.05) is 6.07 Å². The van der Waals surface area contributed by atoms with Gasteiger partial charge in [0.15, 0.2) is 0 Å². The zero-order chi connectivity index (χ0) is 18.5. The molecular formula is C19H25N3O3S.